The van der Waals surface area contributed by atoms with Crippen LogP contribution in [-0.4, -0.2) is 47.1 Å². The zero-order valence-electron chi connectivity index (χ0n) is 19.6. The van der Waals surface area contributed by atoms with E-state index in [0.29, 0.717) is 6.04 Å². The fraction of sp³-hybridized carbons (Fsp3) is 0.630. The first kappa shape index (κ1) is 21.7. The number of benzene rings is 1. The van der Waals surface area contributed by atoms with E-state index < -0.39 is 0 Å². The highest BCUT2D eigenvalue weighted by atomic mass is 15.2. The minimum atomic E-state index is 0.547. The van der Waals surface area contributed by atoms with Gasteiger partial charge in [0.15, 0.2) is 0 Å². The number of piperidine rings is 1. The predicted octanol–water partition coefficient (Wildman–Crippen LogP) is 5.20. The summed E-state index contributed by atoms with van der Waals surface area (Å²) in [5.41, 5.74) is 4.15. The van der Waals surface area contributed by atoms with Crippen LogP contribution < -0.4 is 10.2 Å². The van der Waals surface area contributed by atoms with Crippen molar-refractivity contribution < 1.29 is 0 Å². The minimum Gasteiger partial charge on any atom is -0.356 e. The average molecular weight is 434 g/mol. The predicted molar refractivity (Wildman–Crippen MR) is 132 cm³/mol. The molecule has 1 aromatic carbocycles. The summed E-state index contributed by atoms with van der Waals surface area (Å²) in [6, 6.07) is 11.5. The molecule has 0 amide bonds. The van der Waals surface area contributed by atoms with Gasteiger partial charge in [0.1, 0.15) is 5.82 Å². The fourth-order valence-corrected chi connectivity index (χ4v) is 5.72. The van der Waals surface area contributed by atoms with Crippen LogP contribution in [0, 0.1) is 0 Å². The van der Waals surface area contributed by atoms with E-state index in [1.807, 2.05) is 0 Å². The van der Waals surface area contributed by atoms with Gasteiger partial charge in [-0.25, -0.2) is 4.98 Å². The fourth-order valence-electron chi connectivity index (χ4n) is 5.72. The molecule has 0 bridgehead atoms. The molecule has 1 aliphatic carbocycles. The summed E-state index contributed by atoms with van der Waals surface area (Å²) >= 11 is 0. The van der Waals surface area contributed by atoms with E-state index in [9.17, 15) is 0 Å². The van der Waals surface area contributed by atoms with Crippen molar-refractivity contribution in [3.8, 4) is 0 Å². The number of aromatic nitrogens is 2. The third-order valence-electron chi connectivity index (χ3n) is 7.54. The third kappa shape index (κ3) is 5.25. The van der Waals surface area contributed by atoms with Crippen molar-refractivity contribution in [1.29, 1.82) is 0 Å². The first-order valence-corrected chi connectivity index (χ1v) is 13.0. The molecule has 2 aliphatic heterocycles. The molecule has 1 atom stereocenters. The van der Waals surface area contributed by atoms with Gasteiger partial charge in [0, 0.05) is 37.8 Å². The summed E-state index contributed by atoms with van der Waals surface area (Å²) in [5.74, 6) is 2.10. The van der Waals surface area contributed by atoms with Gasteiger partial charge in [-0.05, 0) is 63.5 Å². The maximum absolute atomic E-state index is 5.13. The van der Waals surface area contributed by atoms with Crippen LogP contribution in [0.25, 0.3) is 0 Å². The Morgan fingerprint density at radius 3 is 2.44 bits per heavy atom. The molecule has 5 rings (SSSR count). The molecule has 32 heavy (non-hydrogen) atoms. The van der Waals surface area contributed by atoms with E-state index in [2.05, 4.69) is 45.4 Å². The smallest absolute Gasteiger partial charge is 0.224 e. The molecule has 3 heterocycles. The van der Waals surface area contributed by atoms with E-state index in [1.54, 1.807) is 0 Å². The van der Waals surface area contributed by atoms with Crippen molar-refractivity contribution >= 4 is 11.8 Å². The van der Waals surface area contributed by atoms with E-state index in [4.69, 9.17) is 9.97 Å². The highest BCUT2D eigenvalue weighted by Crippen LogP contribution is 2.31. The lowest BCUT2D eigenvalue weighted by Crippen LogP contribution is -2.43. The third-order valence-corrected chi connectivity index (χ3v) is 7.54. The summed E-state index contributed by atoms with van der Waals surface area (Å²) < 4.78 is 0. The van der Waals surface area contributed by atoms with E-state index in [0.717, 1.165) is 45.0 Å². The Kier molecular flexibility index (Phi) is 7.22. The number of nitrogens with one attached hydrogen (secondary N) is 1. The van der Waals surface area contributed by atoms with Crippen LogP contribution in [0.3, 0.4) is 0 Å². The zero-order valence-corrected chi connectivity index (χ0v) is 19.6. The van der Waals surface area contributed by atoms with Crippen LogP contribution in [0.5, 0.6) is 0 Å². The molecule has 1 aromatic heterocycles. The molecule has 2 aromatic rings. The van der Waals surface area contributed by atoms with Crippen LogP contribution in [0.2, 0.25) is 0 Å². The number of fused-ring (bicyclic) bond motifs is 1. The van der Waals surface area contributed by atoms with Gasteiger partial charge in [-0.2, -0.15) is 4.98 Å². The molecule has 2 fully saturated rings. The molecule has 1 N–H and O–H groups in total. The Bertz CT molecular complexity index is 860. The zero-order chi connectivity index (χ0) is 21.6. The molecule has 3 aliphatic rings. The molecule has 5 heteroatoms. The number of hydrogen-bond donors (Lipinski definition) is 1. The number of nitrogens with zero attached hydrogens (tertiary/aromatic N) is 4. The van der Waals surface area contributed by atoms with E-state index in [-0.39, 0.29) is 0 Å². The first-order chi connectivity index (χ1) is 15.9. The minimum absolute atomic E-state index is 0.547. The molecule has 0 spiro atoms. The molecule has 0 radical (unpaired) electrons. The number of anilines is 2. The summed E-state index contributed by atoms with van der Waals surface area (Å²) in [7, 11) is 0. The van der Waals surface area contributed by atoms with Gasteiger partial charge in [0.25, 0.3) is 0 Å². The van der Waals surface area contributed by atoms with Gasteiger partial charge in [-0.1, -0.05) is 49.6 Å². The SMILES string of the molecule is c1ccc(CN2CCCCC2CNc2nc3c(c(N4CCCCCC4)n2)CCCC3)cc1. The standard InChI is InChI=1S/C27H39N5/c1-2-10-18-31(17-9-1)26-24-15-6-7-16-25(24)29-27(30-26)28-20-23-14-8-11-19-32(23)21-22-12-4-3-5-13-22/h3-5,12-13,23H,1-2,6-11,14-21H2,(H,28,29,30). The van der Waals surface area contributed by atoms with Gasteiger partial charge in [-0.15, -0.1) is 0 Å². The molecular weight excluding hydrogens is 394 g/mol. The first-order valence-electron chi connectivity index (χ1n) is 13.0. The Morgan fingerprint density at radius 1 is 0.812 bits per heavy atom. The molecule has 0 saturated carbocycles. The number of likely N-dealkylation sites (tertiary alicyclic amines) is 1. The lowest BCUT2D eigenvalue weighted by atomic mass is 9.96. The number of rotatable bonds is 6. The molecule has 2 saturated heterocycles. The van der Waals surface area contributed by atoms with Crippen molar-refractivity contribution in [2.45, 2.75) is 83.2 Å². The van der Waals surface area contributed by atoms with E-state index >= 15 is 0 Å². The Balaban J connectivity index is 1.31. The lowest BCUT2D eigenvalue weighted by molar-refractivity contribution is 0.148. The van der Waals surface area contributed by atoms with Crippen molar-refractivity contribution in [3.63, 3.8) is 0 Å². The van der Waals surface area contributed by atoms with Crippen molar-refractivity contribution in [2.24, 2.45) is 0 Å². The van der Waals surface area contributed by atoms with Gasteiger partial charge in [0.2, 0.25) is 5.95 Å². The highest BCUT2D eigenvalue weighted by molar-refractivity contribution is 5.54. The monoisotopic (exact) mass is 433 g/mol. The topological polar surface area (TPSA) is 44.3 Å². The average Bonchev–Trinajstić information content (AvgIpc) is 3.13. The van der Waals surface area contributed by atoms with Crippen LogP contribution >= 0.6 is 0 Å². The Labute approximate surface area is 193 Å². The van der Waals surface area contributed by atoms with Crippen LogP contribution in [0.4, 0.5) is 11.8 Å². The summed E-state index contributed by atoms with van der Waals surface area (Å²) in [4.78, 5) is 15.4. The van der Waals surface area contributed by atoms with Crippen molar-refractivity contribution in [1.82, 2.24) is 14.9 Å². The molecular formula is C27H39N5. The second-order valence-electron chi connectivity index (χ2n) is 9.89. The molecule has 172 valence electrons. The molecule has 5 nitrogen and oxygen atoms in total. The van der Waals surface area contributed by atoms with Gasteiger partial charge in [-0.3, -0.25) is 4.90 Å². The van der Waals surface area contributed by atoms with Crippen LogP contribution in [0.15, 0.2) is 30.3 Å². The maximum atomic E-state index is 5.13. The second-order valence-corrected chi connectivity index (χ2v) is 9.89. The maximum Gasteiger partial charge on any atom is 0.224 e. The van der Waals surface area contributed by atoms with Gasteiger partial charge in [0.05, 0.1) is 5.69 Å². The quantitative estimate of drug-likeness (QED) is 0.678. The summed E-state index contributed by atoms with van der Waals surface area (Å²) in [6.45, 7) is 5.46. The number of hydrogen-bond acceptors (Lipinski definition) is 5. The van der Waals surface area contributed by atoms with Crippen LogP contribution in [0.1, 0.15) is 74.6 Å². The Morgan fingerprint density at radius 2 is 1.59 bits per heavy atom. The number of aryl methyl sites for hydroxylation is 1. The highest BCUT2D eigenvalue weighted by Gasteiger charge is 2.25. The summed E-state index contributed by atoms with van der Waals surface area (Å²) in [5, 5.41) is 3.68. The largest absolute Gasteiger partial charge is 0.356 e. The lowest BCUT2D eigenvalue weighted by Gasteiger charge is -2.36. The second kappa shape index (κ2) is 10.7. The van der Waals surface area contributed by atoms with Crippen molar-refractivity contribution in [3.05, 3.63) is 47.2 Å². The molecule has 1 unspecified atom stereocenters. The van der Waals surface area contributed by atoms with Gasteiger partial charge < -0.3 is 10.2 Å². The summed E-state index contributed by atoms with van der Waals surface area (Å²) in [6.07, 6.45) is 14.0. The van der Waals surface area contributed by atoms with Gasteiger partial charge >= 0.3 is 0 Å². The van der Waals surface area contributed by atoms with Crippen molar-refractivity contribution in [2.75, 3.05) is 36.4 Å². The Hall–Kier alpha value is -2.14. The van der Waals surface area contributed by atoms with Crippen LogP contribution in [-0.2, 0) is 19.4 Å². The van der Waals surface area contributed by atoms with E-state index in [1.165, 1.54) is 87.0 Å². The normalized spacial score (nSPS) is 22.2.